The normalized spacial score (nSPS) is 12.0. The van der Waals surface area contributed by atoms with Gasteiger partial charge in [0.25, 0.3) is 0 Å². The zero-order chi connectivity index (χ0) is 40.1. The van der Waals surface area contributed by atoms with Gasteiger partial charge in [0.1, 0.15) is 13.2 Å². The lowest BCUT2D eigenvalue weighted by atomic mass is 10.1. The van der Waals surface area contributed by atoms with Crippen LogP contribution in [0.4, 0.5) is 0 Å². The second-order valence-electron chi connectivity index (χ2n) is 16.4. The first kappa shape index (κ1) is 53.1. The lowest BCUT2D eigenvalue weighted by molar-refractivity contribution is -0.167. The molecule has 0 aromatic rings. The van der Waals surface area contributed by atoms with Crippen LogP contribution < -0.4 is 0 Å². The molecular weight excluding hydrogens is 685 g/mol. The smallest absolute Gasteiger partial charge is 0.306 e. The Morgan fingerprint density at radius 3 is 0.927 bits per heavy atom. The average molecular weight is 777 g/mol. The zero-order valence-electron chi connectivity index (χ0n) is 37.0. The van der Waals surface area contributed by atoms with Crippen molar-refractivity contribution >= 4 is 17.9 Å². The number of ether oxygens (including phenoxy) is 3. The molecule has 324 valence electrons. The first-order valence-electron chi connectivity index (χ1n) is 24.2. The Bertz CT molecular complexity index is 854. The minimum absolute atomic E-state index is 0.0666. The second-order valence-corrected chi connectivity index (χ2v) is 16.4. The molecule has 0 saturated heterocycles. The van der Waals surface area contributed by atoms with Crippen molar-refractivity contribution in [1.82, 2.24) is 0 Å². The molecule has 0 aromatic heterocycles. The molecule has 0 unspecified atom stereocenters. The minimum Gasteiger partial charge on any atom is -0.462 e. The van der Waals surface area contributed by atoms with Crippen molar-refractivity contribution < 1.29 is 28.6 Å². The minimum atomic E-state index is -0.763. The average Bonchev–Trinajstić information content (AvgIpc) is 3.18. The van der Waals surface area contributed by atoms with Crippen molar-refractivity contribution in [3.05, 3.63) is 12.2 Å². The molecule has 0 spiro atoms. The van der Waals surface area contributed by atoms with Crippen molar-refractivity contribution in [2.24, 2.45) is 0 Å². The Labute approximate surface area is 341 Å². The fourth-order valence-electron chi connectivity index (χ4n) is 7.08. The molecule has 0 heterocycles. The largest absolute Gasteiger partial charge is 0.462 e. The van der Waals surface area contributed by atoms with Crippen LogP contribution in [0, 0.1) is 0 Å². The van der Waals surface area contributed by atoms with Crippen molar-refractivity contribution in [3.63, 3.8) is 0 Å². The third-order valence-corrected chi connectivity index (χ3v) is 10.8. The Kier molecular flexibility index (Phi) is 43.4. The molecule has 0 amide bonds. The third kappa shape index (κ3) is 43.1. The van der Waals surface area contributed by atoms with E-state index in [1.165, 1.54) is 167 Å². The fraction of sp³-hybridized carbons (Fsp3) is 0.898. The highest BCUT2D eigenvalue weighted by atomic mass is 16.6. The van der Waals surface area contributed by atoms with Crippen LogP contribution in [0.15, 0.2) is 12.2 Å². The number of carbonyl (C=O) groups excluding carboxylic acids is 3. The van der Waals surface area contributed by atoms with E-state index in [9.17, 15) is 14.4 Å². The Morgan fingerprint density at radius 2 is 0.600 bits per heavy atom. The van der Waals surface area contributed by atoms with Crippen LogP contribution >= 0.6 is 0 Å². The number of carbonyl (C=O) groups is 3. The lowest BCUT2D eigenvalue weighted by Gasteiger charge is -2.18. The quantitative estimate of drug-likeness (QED) is 0.0265. The number of allylic oxidation sites excluding steroid dienone is 2. The molecular formula is C49H92O6. The molecule has 0 N–H and O–H groups in total. The maximum Gasteiger partial charge on any atom is 0.306 e. The summed E-state index contributed by atoms with van der Waals surface area (Å²) in [6, 6.07) is 0. The standard InChI is InChI=1S/C49H92O6/c1-4-7-10-13-16-19-22-23-24-25-28-30-33-36-39-42-48(51)54-45-46(55-49(52)43-40-37-34-31-27-21-18-15-12-9-6-3)44-53-47(50)41-38-35-32-29-26-20-17-14-11-8-5-2/h19,22,46H,4-18,20-21,23-45H2,1-3H3/b22-19-/t46-/m0/s1. The highest BCUT2D eigenvalue weighted by Crippen LogP contribution is 2.15. The monoisotopic (exact) mass is 777 g/mol. The molecule has 0 aliphatic rings. The molecule has 6 heteroatoms. The van der Waals surface area contributed by atoms with E-state index in [4.69, 9.17) is 14.2 Å². The predicted molar refractivity (Wildman–Crippen MR) is 233 cm³/mol. The molecule has 6 nitrogen and oxygen atoms in total. The van der Waals surface area contributed by atoms with Gasteiger partial charge in [0, 0.05) is 19.3 Å². The van der Waals surface area contributed by atoms with Gasteiger partial charge in [0.05, 0.1) is 0 Å². The first-order valence-corrected chi connectivity index (χ1v) is 24.2. The summed E-state index contributed by atoms with van der Waals surface area (Å²) < 4.78 is 16.7. The lowest BCUT2D eigenvalue weighted by Crippen LogP contribution is -2.30. The molecule has 0 aliphatic heterocycles. The molecule has 55 heavy (non-hydrogen) atoms. The van der Waals surface area contributed by atoms with E-state index in [-0.39, 0.29) is 31.1 Å². The topological polar surface area (TPSA) is 78.9 Å². The summed E-state index contributed by atoms with van der Waals surface area (Å²) >= 11 is 0. The van der Waals surface area contributed by atoms with Crippen molar-refractivity contribution in [2.75, 3.05) is 13.2 Å². The van der Waals surface area contributed by atoms with Crippen molar-refractivity contribution in [3.8, 4) is 0 Å². The summed E-state index contributed by atoms with van der Waals surface area (Å²) in [5.41, 5.74) is 0. The summed E-state index contributed by atoms with van der Waals surface area (Å²) in [7, 11) is 0. The van der Waals surface area contributed by atoms with Gasteiger partial charge in [-0.05, 0) is 44.9 Å². The van der Waals surface area contributed by atoms with E-state index < -0.39 is 6.10 Å². The first-order chi connectivity index (χ1) is 27.0. The van der Waals surface area contributed by atoms with Crippen LogP contribution in [-0.2, 0) is 28.6 Å². The molecule has 0 aromatic carbocycles. The van der Waals surface area contributed by atoms with Crippen LogP contribution in [0.3, 0.4) is 0 Å². The highest BCUT2D eigenvalue weighted by molar-refractivity contribution is 5.71. The number of rotatable bonds is 44. The highest BCUT2D eigenvalue weighted by Gasteiger charge is 2.19. The fourth-order valence-corrected chi connectivity index (χ4v) is 7.08. The third-order valence-electron chi connectivity index (χ3n) is 10.8. The van der Waals surface area contributed by atoms with Gasteiger partial charge < -0.3 is 14.2 Å². The summed E-state index contributed by atoms with van der Waals surface area (Å²) in [5, 5.41) is 0. The van der Waals surface area contributed by atoms with E-state index >= 15 is 0 Å². The van der Waals surface area contributed by atoms with Crippen molar-refractivity contribution in [2.45, 2.75) is 271 Å². The Morgan fingerprint density at radius 1 is 0.345 bits per heavy atom. The van der Waals surface area contributed by atoms with Gasteiger partial charge in [-0.1, -0.05) is 213 Å². The molecule has 0 saturated carbocycles. The Hall–Kier alpha value is -1.85. The zero-order valence-corrected chi connectivity index (χ0v) is 37.0. The molecule has 0 bridgehead atoms. The summed E-state index contributed by atoms with van der Waals surface area (Å²) in [6.45, 7) is 6.63. The van der Waals surface area contributed by atoms with E-state index in [0.29, 0.717) is 19.3 Å². The van der Waals surface area contributed by atoms with Crippen LogP contribution in [0.25, 0.3) is 0 Å². The molecule has 0 radical (unpaired) electrons. The van der Waals surface area contributed by atoms with E-state index in [0.717, 1.165) is 57.8 Å². The van der Waals surface area contributed by atoms with E-state index in [1.54, 1.807) is 0 Å². The van der Waals surface area contributed by atoms with Crippen LogP contribution in [0.2, 0.25) is 0 Å². The maximum atomic E-state index is 12.7. The SMILES string of the molecule is CCCCCC/C=C\CCCCCCCCCC(=O)OC[C@H](COC(=O)CCCCCCCCCCCCC)OC(=O)CCCCCCCCCCCCC. The van der Waals surface area contributed by atoms with Crippen LogP contribution in [0.5, 0.6) is 0 Å². The van der Waals surface area contributed by atoms with Gasteiger partial charge in [-0.3, -0.25) is 14.4 Å². The molecule has 0 fully saturated rings. The maximum absolute atomic E-state index is 12.7. The number of esters is 3. The number of hydrogen-bond donors (Lipinski definition) is 0. The molecule has 0 rings (SSSR count). The molecule has 1 atom stereocenters. The van der Waals surface area contributed by atoms with Gasteiger partial charge in [-0.15, -0.1) is 0 Å². The number of unbranched alkanes of at least 4 members (excludes halogenated alkanes) is 31. The second kappa shape index (κ2) is 44.9. The van der Waals surface area contributed by atoms with E-state index in [1.807, 2.05) is 0 Å². The van der Waals surface area contributed by atoms with Gasteiger partial charge in [-0.2, -0.15) is 0 Å². The summed E-state index contributed by atoms with van der Waals surface area (Å²) in [4.78, 5) is 37.8. The van der Waals surface area contributed by atoms with Gasteiger partial charge in [-0.25, -0.2) is 0 Å². The van der Waals surface area contributed by atoms with Gasteiger partial charge in [0.15, 0.2) is 6.10 Å². The Balaban J connectivity index is 4.32. The number of hydrogen-bond acceptors (Lipinski definition) is 6. The predicted octanol–water partition coefficient (Wildman–Crippen LogP) is 15.4. The summed E-state index contributed by atoms with van der Waals surface area (Å²) in [6.07, 6.45) is 47.6. The van der Waals surface area contributed by atoms with Crippen molar-refractivity contribution in [1.29, 1.82) is 0 Å². The van der Waals surface area contributed by atoms with Crippen LogP contribution in [0.1, 0.15) is 265 Å². The van der Waals surface area contributed by atoms with Gasteiger partial charge >= 0.3 is 17.9 Å². The molecule has 0 aliphatic carbocycles. The van der Waals surface area contributed by atoms with Crippen LogP contribution in [-0.4, -0.2) is 37.2 Å². The van der Waals surface area contributed by atoms with E-state index in [2.05, 4.69) is 32.9 Å². The van der Waals surface area contributed by atoms with Gasteiger partial charge in [0.2, 0.25) is 0 Å². The summed E-state index contributed by atoms with van der Waals surface area (Å²) in [5.74, 6) is -0.861.